The molecule has 1 fully saturated rings. The molecular formula is C25H37ClN4O2. The number of hydrogen-bond acceptors (Lipinski definition) is 5. The average molecular weight is 461 g/mol. The highest BCUT2D eigenvalue weighted by Gasteiger charge is 2.22. The lowest BCUT2D eigenvalue weighted by Gasteiger charge is -2.24. The molecule has 7 heteroatoms. The maximum atomic E-state index is 11.8. The molecule has 1 amide bonds. The molecule has 1 saturated heterocycles. The maximum Gasteiger partial charge on any atom is 0.410 e. The number of carbonyl (C=O) groups is 1. The van der Waals surface area contributed by atoms with Gasteiger partial charge in [0.15, 0.2) is 0 Å². The molecule has 1 aliphatic heterocycles. The van der Waals surface area contributed by atoms with Crippen LogP contribution in [-0.4, -0.2) is 58.6 Å². The second-order valence-electron chi connectivity index (χ2n) is 9.22. The van der Waals surface area contributed by atoms with E-state index in [0.29, 0.717) is 12.6 Å². The first-order valence-corrected chi connectivity index (χ1v) is 11.7. The Morgan fingerprint density at radius 3 is 2.47 bits per heavy atom. The summed E-state index contributed by atoms with van der Waals surface area (Å²) in [5.74, 6) is 0. The van der Waals surface area contributed by atoms with Crippen molar-refractivity contribution < 1.29 is 9.53 Å². The zero-order chi connectivity index (χ0) is 23.6. The second-order valence-corrected chi connectivity index (χ2v) is 9.75. The number of carbonyl (C=O) groups excluding carboxylic acids is 1. The molecule has 0 aromatic carbocycles. The third-order valence-electron chi connectivity index (χ3n) is 5.29. The Labute approximate surface area is 197 Å². The summed E-state index contributed by atoms with van der Waals surface area (Å²) in [5, 5.41) is -0.0734. The lowest BCUT2D eigenvalue weighted by molar-refractivity contribution is 0.0296. The third-order valence-corrected chi connectivity index (χ3v) is 5.76. The van der Waals surface area contributed by atoms with Crippen molar-refractivity contribution >= 4 is 17.7 Å². The second kappa shape index (κ2) is 12.8. The van der Waals surface area contributed by atoms with Crippen molar-refractivity contribution in [3.05, 3.63) is 60.2 Å². The Morgan fingerprint density at radius 2 is 1.94 bits per heavy atom. The number of pyridine rings is 2. The van der Waals surface area contributed by atoms with E-state index < -0.39 is 5.60 Å². The van der Waals surface area contributed by atoms with Gasteiger partial charge in [-0.25, -0.2) is 4.79 Å². The highest BCUT2D eigenvalue weighted by atomic mass is 35.5. The van der Waals surface area contributed by atoms with Gasteiger partial charge in [0.1, 0.15) is 5.60 Å². The van der Waals surface area contributed by atoms with Gasteiger partial charge in [0.25, 0.3) is 0 Å². The number of nitrogens with zero attached hydrogens (tertiary/aromatic N) is 4. The third kappa shape index (κ3) is 9.13. The van der Waals surface area contributed by atoms with E-state index in [2.05, 4.69) is 28.0 Å². The molecule has 0 aliphatic carbocycles. The van der Waals surface area contributed by atoms with Crippen LogP contribution in [0.15, 0.2) is 49.1 Å². The largest absolute Gasteiger partial charge is 0.444 e. The number of likely N-dealkylation sites (tertiary alicyclic amines) is 1. The van der Waals surface area contributed by atoms with Gasteiger partial charge in [-0.1, -0.05) is 12.1 Å². The van der Waals surface area contributed by atoms with E-state index in [0.717, 1.165) is 18.4 Å². The van der Waals surface area contributed by atoms with E-state index in [1.54, 1.807) is 24.3 Å². The van der Waals surface area contributed by atoms with Crippen LogP contribution in [0.3, 0.4) is 0 Å². The van der Waals surface area contributed by atoms with Gasteiger partial charge in [-0.05, 0) is 83.3 Å². The Kier molecular flexibility index (Phi) is 10.4. The van der Waals surface area contributed by atoms with Crippen molar-refractivity contribution in [2.75, 3.05) is 27.2 Å². The lowest BCUT2D eigenvalue weighted by Crippen LogP contribution is -2.34. The zero-order valence-corrected chi connectivity index (χ0v) is 20.8. The summed E-state index contributed by atoms with van der Waals surface area (Å²) in [7, 11) is 3.92. The fraction of sp³-hybridized carbons (Fsp3) is 0.560. The summed E-state index contributed by atoms with van der Waals surface area (Å²) in [4.78, 5) is 23.9. The quantitative estimate of drug-likeness (QED) is 0.505. The SMILES string of the molecule is CN(CCC[C@@H](Cl)c1cccnc1)C(=O)OC(C)(C)C.CN1CCC[C@H]1c1cccnc1. The average Bonchev–Trinajstić information content (AvgIpc) is 3.20. The van der Waals surface area contributed by atoms with Crippen molar-refractivity contribution in [1.29, 1.82) is 0 Å². The van der Waals surface area contributed by atoms with Crippen LogP contribution < -0.4 is 0 Å². The molecule has 3 rings (SSSR count). The monoisotopic (exact) mass is 460 g/mol. The first-order valence-electron chi connectivity index (χ1n) is 11.3. The Balaban J connectivity index is 0.000000255. The fourth-order valence-electron chi connectivity index (χ4n) is 3.57. The minimum absolute atomic E-state index is 0.0734. The van der Waals surface area contributed by atoms with Crippen LogP contribution in [0.5, 0.6) is 0 Å². The number of amides is 1. The Bertz CT molecular complexity index is 799. The van der Waals surface area contributed by atoms with Gasteiger partial charge in [-0.2, -0.15) is 0 Å². The van der Waals surface area contributed by atoms with Gasteiger partial charge >= 0.3 is 6.09 Å². The molecule has 0 unspecified atom stereocenters. The zero-order valence-electron chi connectivity index (χ0n) is 20.0. The van der Waals surface area contributed by atoms with Gasteiger partial charge in [0.2, 0.25) is 0 Å². The molecule has 32 heavy (non-hydrogen) atoms. The standard InChI is InChI=1S/C15H23ClN2O2.C10H14N2/c1-15(2,3)20-14(19)18(4)10-6-8-13(16)12-7-5-9-17-11-12;1-12-7-3-5-10(12)9-4-2-6-11-8-9/h5,7,9,11,13H,6,8,10H2,1-4H3;2,4,6,8,10H,3,5,7H2,1H3/t13-;10-/m10/s1. The molecule has 6 nitrogen and oxygen atoms in total. The maximum absolute atomic E-state index is 11.8. The van der Waals surface area contributed by atoms with Crippen LogP contribution in [0.25, 0.3) is 0 Å². The number of hydrogen-bond donors (Lipinski definition) is 0. The predicted octanol–water partition coefficient (Wildman–Crippen LogP) is 5.86. The topological polar surface area (TPSA) is 58.6 Å². The number of aromatic nitrogens is 2. The molecule has 0 bridgehead atoms. The van der Waals surface area contributed by atoms with Gasteiger partial charge < -0.3 is 9.64 Å². The molecule has 2 aromatic heterocycles. The highest BCUT2D eigenvalue weighted by Crippen LogP contribution is 2.29. The van der Waals surface area contributed by atoms with Crippen LogP contribution in [0.2, 0.25) is 0 Å². The molecular weight excluding hydrogens is 424 g/mol. The molecule has 0 spiro atoms. The summed E-state index contributed by atoms with van der Waals surface area (Å²) in [6.45, 7) is 7.42. The van der Waals surface area contributed by atoms with E-state index in [9.17, 15) is 4.79 Å². The molecule has 176 valence electrons. The summed E-state index contributed by atoms with van der Waals surface area (Å²) in [6, 6.07) is 8.62. The number of halogens is 1. The summed E-state index contributed by atoms with van der Waals surface area (Å²) in [5.41, 5.74) is 1.90. The van der Waals surface area contributed by atoms with Crippen molar-refractivity contribution in [1.82, 2.24) is 19.8 Å². The van der Waals surface area contributed by atoms with E-state index >= 15 is 0 Å². The van der Waals surface area contributed by atoms with Crippen molar-refractivity contribution in [3.8, 4) is 0 Å². The molecule has 1 aliphatic rings. The summed E-state index contributed by atoms with van der Waals surface area (Å²) >= 11 is 6.30. The smallest absolute Gasteiger partial charge is 0.410 e. The number of alkyl halides is 1. The minimum atomic E-state index is -0.462. The van der Waals surface area contributed by atoms with Crippen molar-refractivity contribution in [3.63, 3.8) is 0 Å². The van der Waals surface area contributed by atoms with Crippen molar-refractivity contribution in [2.24, 2.45) is 0 Å². The summed E-state index contributed by atoms with van der Waals surface area (Å²) < 4.78 is 5.29. The fourth-order valence-corrected chi connectivity index (χ4v) is 3.85. The van der Waals surface area contributed by atoms with Crippen LogP contribution in [0.1, 0.15) is 69.0 Å². The van der Waals surface area contributed by atoms with E-state index in [4.69, 9.17) is 16.3 Å². The molecule has 0 N–H and O–H groups in total. The van der Waals surface area contributed by atoms with Crippen LogP contribution in [0.4, 0.5) is 4.79 Å². The van der Waals surface area contributed by atoms with Crippen LogP contribution in [-0.2, 0) is 4.74 Å². The first-order chi connectivity index (χ1) is 15.2. The predicted molar refractivity (Wildman–Crippen MR) is 130 cm³/mol. The number of rotatable bonds is 6. The van der Waals surface area contributed by atoms with Gasteiger partial charge in [-0.15, -0.1) is 11.6 Å². The number of ether oxygens (including phenoxy) is 1. The van der Waals surface area contributed by atoms with Gasteiger partial charge in [-0.3, -0.25) is 14.9 Å². The van der Waals surface area contributed by atoms with Gasteiger partial charge in [0, 0.05) is 44.4 Å². The molecule has 2 aromatic rings. The van der Waals surface area contributed by atoms with Crippen LogP contribution >= 0.6 is 11.6 Å². The Hall–Kier alpha value is -2.18. The molecule has 3 heterocycles. The van der Waals surface area contributed by atoms with Crippen LogP contribution in [0, 0.1) is 0 Å². The molecule has 0 radical (unpaired) electrons. The lowest BCUT2D eigenvalue weighted by atomic mass is 10.1. The summed E-state index contributed by atoms with van der Waals surface area (Å²) in [6.07, 6.45) is 11.2. The minimum Gasteiger partial charge on any atom is -0.444 e. The van der Waals surface area contributed by atoms with E-state index in [1.807, 2.05) is 51.4 Å². The molecule has 2 atom stereocenters. The highest BCUT2D eigenvalue weighted by molar-refractivity contribution is 6.20. The van der Waals surface area contributed by atoms with E-state index in [-0.39, 0.29) is 11.5 Å². The van der Waals surface area contributed by atoms with Crippen molar-refractivity contribution in [2.45, 2.75) is 63.5 Å². The van der Waals surface area contributed by atoms with Gasteiger partial charge in [0.05, 0.1) is 5.38 Å². The first kappa shape index (κ1) is 26.1. The normalized spacial score (nSPS) is 17.2. The molecule has 0 saturated carbocycles. The Morgan fingerprint density at radius 1 is 1.25 bits per heavy atom. The van der Waals surface area contributed by atoms with E-state index in [1.165, 1.54) is 24.9 Å².